The Morgan fingerprint density at radius 1 is 1.62 bits per heavy atom. The lowest BCUT2D eigenvalue weighted by molar-refractivity contribution is -0.384. The minimum absolute atomic E-state index is 0.0340. The maximum absolute atomic E-state index is 10.8. The molecule has 0 N–H and O–H groups in total. The highest BCUT2D eigenvalue weighted by molar-refractivity contribution is 6.28. The van der Waals surface area contributed by atoms with Crippen LogP contribution in [0.5, 0.6) is 0 Å². The molecule has 1 heterocycles. The van der Waals surface area contributed by atoms with Crippen molar-refractivity contribution in [3.05, 3.63) is 21.6 Å². The second-order valence-electron chi connectivity index (χ2n) is 3.80. The summed E-state index contributed by atoms with van der Waals surface area (Å²) in [4.78, 5) is 19.7. The van der Waals surface area contributed by atoms with E-state index < -0.39 is 4.92 Å². The summed E-state index contributed by atoms with van der Waals surface area (Å²) in [6.07, 6.45) is 4.38. The van der Waals surface area contributed by atoms with Crippen LogP contribution in [0.25, 0.3) is 0 Å². The number of anilines is 1. The van der Waals surface area contributed by atoms with Crippen molar-refractivity contribution in [2.75, 3.05) is 11.9 Å². The largest absolute Gasteiger partial charge is 0.351 e. The Balaban J connectivity index is 2.36. The van der Waals surface area contributed by atoms with Crippen molar-refractivity contribution < 1.29 is 4.92 Å². The summed E-state index contributed by atoms with van der Waals surface area (Å²) in [5.74, 6) is 0.301. The van der Waals surface area contributed by atoms with Crippen molar-refractivity contribution in [1.82, 2.24) is 9.97 Å². The highest BCUT2D eigenvalue weighted by Crippen LogP contribution is 2.32. The Morgan fingerprint density at radius 2 is 2.31 bits per heavy atom. The van der Waals surface area contributed by atoms with Gasteiger partial charge in [0.05, 0.1) is 4.92 Å². The van der Waals surface area contributed by atoms with Gasteiger partial charge in [0.2, 0.25) is 11.1 Å². The van der Waals surface area contributed by atoms with Gasteiger partial charge in [-0.25, -0.2) is 4.98 Å². The Hall–Kier alpha value is -1.43. The maximum Gasteiger partial charge on any atom is 0.329 e. The molecule has 86 valence electrons. The van der Waals surface area contributed by atoms with Crippen molar-refractivity contribution >= 4 is 23.1 Å². The van der Waals surface area contributed by atoms with Crippen LogP contribution in [0, 0.1) is 10.1 Å². The van der Waals surface area contributed by atoms with Gasteiger partial charge in [-0.3, -0.25) is 10.1 Å². The van der Waals surface area contributed by atoms with Gasteiger partial charge in [-0.1, -0.05) is 0 Å². The number of halogens is 1. The van der Waals surface area contributed by atoms with E-state index in [9.17, 15) is 10.1 Å². The van der Waals surface area contributed by atoms with Gasteiger partial charge in [-0.05, 0) is 30.9 Å². The van der Waals surface area contributed by atoms with Gasteiger partial charge in [0.1, 0.15) is 6.20 Å². The number of nitrogens with zero attached hydrogens (tertiary/aromatic N) is 4. The van der Waals surface area contributed by atoms with E-state index in [0.29, 0.717) is 11.9 Å². The molecule has 1 aliphatic rings. The van der Waals surface area contributed by atoms with Crippen LogP contribution in [-0.4, -0.2) is 28.0 Å². The molecule has 0 saturated heterocycles. The molecule has 1 aliphatic carbocycles. The minimum atomic E-state index is -0.485. The molecule has 0 unspecified atom stereocenters. The summed E-state index contributed by atoms with van der Waals surface area (Å²) in [6.45, 7) is 0. The topological polar surface area (TPSA) is 72.2 Å². The van der Waals surface area contributed by atoms with Crippen LogP contribution < -0.4 is 4.90 Å². The summed E-state index contributed by atoms with van der Waals surface area (Å²) >= 11 is 5.66. The monoisotopic (exact) mass is 242 g/mol. The van der Waals surface area contributed by atoms with Crippen molar-refractivity contribution in [3.8, 4) is 0 Å². The van der Waals surface area contributed by atoms with E-state index in [0.717, 1.165) is 25.5 Å². The van der Waals surface area contributed by atoms with Gasteiger partial charge >= 0.3 is 5.69 Å². The molecular formula is C9H11ClN4O2. The van der Waals surface area contributed by atoms with Crippen LogP contribution in [0.4, 0.5) is 11.5 Å². The van der Waals surface area contributed by atoms with Gasteiger partial charge < -0.3 is 4.90 Å². The summed E-state index contributed by atoms with van der Waals surface area (Å²) in [6, 6.07) is 0.324. The maximum atomic E-state index is 10.8. The lowest BCUT2D eigenvalue weighted by Crippen LogP contribution is -2.38. The van der Waals surface area contributed by atoms with Gasteiger partial charge in [-0.2, -0.15) is 4.98 Å². The van der Waals surface area contributed by atoms with Gasteiger partial charge in [-0.15, -0.1) is 0 Å². The third-order valence-electron chi connectivity index (χ3n) is 2.87. The van der Waals surface area contributed by atoms with Crippen LogP contribution >= 0.6 is 11.6 Å². The summed E-state index contributed by atoms with van der Waals surface area (Å²) < 4.78 is 0. The molecule has 0 aromatic carbocycles. The number of hydrogen-bond donors (Lipinski definition) is 0. The molecule has 0 amide bonds. The molecule has 6 nitrogen and oxygen atoms in total. The van der Waals surface area contributed by atoms with E-state index in [1.165, 1.54) is 0 Å². The first kappa shape index (κ1) is 11.1. The van der Waals surface area contributed by atoms with E-state index in [2.05, 4.69) is 9.97 Å². The first-order valence-electron chi connectivity index (χ1n) is 4.99. The van der Waals surface area contributed by atoms with Crippen molar-refractivity contribution in [2.24, 2.45) is 0 Å². The third-order valence-corrected chi connectivity index (χ3v) is 3.06. The zero-order valence-electron chi connectivity index (χ0n) is 8.76. The number of hydrogen-bond acceptors (Lipinski definition) is 5. The molecule has 0 atom stereocenters. The number of nitro groups is 1. The van der Waals surface area contributed by atoms with Gasteiger partial charge in [0.25, 0.3) is 0 Å². The molecule has 1 aromatic rings. The Bertz CT molecular complexity index is 422. The van der Waals surface area contributed by atoms with E-state index in [1.807, 2.05) is 4.90 Å². The Labute approximate surface area is 97.4 Å². The summed E-state index contributed by atoms with van der Waals surface area (Å²) in [5.41, 5.74) is -0.0983. The molecular weight excluding hydrogens is 232 g/mol. The van der Waals surface area contributed by atoms with Crippen LogP contribution in [0.1, 0.15) is 19.3 Å². The SMILES string of the molecule is CN(c1nc(Cl)ncc1[N+](=O)[O-])C1CCC1. The second-order valence-corrected chi connectivity index (χ2v) is 4.14. The average molecular weight is 243 g/mol. The van der Waals surface area contributed by atoms with Gasteiger partial charge in [0, 0.05) is 13.1 Å². The number of aromatic nitrogens is 2. The molecule has 0 radical (unpaired) electrons. The van der Waals surface area contributed by atoms with Crippen LogP contribution in [0.2, 0.25) is 5.28 Å². The van der Waals surface area contributed by atoms with Gasteiger partial charge in [0.15, 0.2) is 0 Å². The van der Waals surface area contributed by atoms with Crippen LogP contribution in [0.3, 0.4) is 0 Å². The first-order valence-corrected chi connectivity index (χ1v) is 5.37. The molecule has 0 bridgehead atoms. The summed E-state index contributed by atoms with van der Waals surface area (Å²) in [7, 11) is 1.80. The fraction of sp³-hybridized carbons (Fsp3) is 0.556. The van der Waals surface area contributed by atoms with E-state index in [4.69, 9.17) is 11.6 Å². The molecule has 7 heteroatoms. The zero-order valence-corrected chi connectivity index (χ0v) is 9.52. The van der Waals surface area contributed by atoms with Crippen LogP contribution in [-0.2, 0) is 0 Å². The fourth-order valence-electron chi connectivity index (χ4n) is 1.68. The highest BCUT2D eigenvalue weighted by Gasteiger charge is 2.28. The van der Waals surface area contributed by atoms with E-state index >= 15 is 0 Å². The first-order chi connectivity index (χ1) is 7.59. The quantitative estimate of drug-likeness (QED) is 0.461. The van der Waals surface area contributed by atoms with E-state index in [-0.39, 0.29) is 11.0 Å². The average Bonchev–Trinajstić information content (AvgIpc) is 2.14. The van der Waals surface area contributed by atoms with E-state index in [1.54, 1.807) is 7.05 Å². The predicted octanol–water partition coefficient (Wildman–Crippen LogP) is 2.03. The minimum Gasteiger partial charge on any atom is -0.351 e. The molecule has 1 aromatic heterocycles. The molecule has 1 fully saturated rings. The summed E-state index contributed by atoms with van der Waals surface area (Å²) in [5, 5.41) is 10.9. The van der Waals surface area contributed by atoms with Crippen molar-refractivity contribution in [1.29, 1.82) is 0 Å². The highest BCUT2D eigenvalue weighted by atomic mass is 35.5. The second kappa shape index (κ2) is 4.21. The lowest BCUT2D eigenvalue weighted by atomic mass is 9.92. The predicted molar refractivity (Wildman–Crippen MR) is 59.7 cm³/mol. The van der Waals surface area contributed by atoms with Crippen molar-refractivity contribution in [3.63, 3.8) is 0 Å². The lowest BCUT2D eigenvalue weighted by Gasteiger charge is -2.34. The molecule has 1 saturated carbocycles. The Kier molecular flexibility index (Phi) is 2.91. The standard InChI is InChI=1S/C9H11ClN4O2/c1-13(6-3-2-4-6)8-7(14(15)16)5-11-9(10)12-8/h5-6H,2-4H2,1H3. The fourth-order valence-corrected chi connectivity index (χ4v) is 1.81. The molecule has 0 spiro atoms. The zero-order chi connectivity index (χ0) is 11.7. The smallest absolute Gasteiger partial charge is 0.329 e. The molecule has 0 aliphatic heterocycles. The van der Waals surface area contributed by atoms with Crippen LogP contribution in [0.15, 0.2) is 6.20 Å². The van der Waals surface area contributed by atoms with Crippen molar-refractivity contribution in [2.45, 2.75) is 25.3 Å². The third kappa shape index (κ3) is 1.92. The number of rotatable bonds is 3. The normalized spacial score (nSPS) is 15.6. The Morgan fingerprint density at radius 3 is 2.81 bits per heavy atom. The molecule has 16 heavy (non-hydrogen) atoms. The molecule has 2 rings (SSSR count).